The number of anilines is 1. The highest BCUT2D eigenvalue weighted by Crippen LogP contribution is 2.32. The van der Waals surface area contributed by atoms with Crippen LogP contribution >= 0.6 is 0 Å². The van der Waals surface area contributed by atoms with Gasteiger partial charge in [0.15, 0.2) is 0 Å². The standard InChI is InChI=1S/C20H28F3N3O6S/c1-13-12-14(6-7-15(13)24-16(27)19(5,29)20(21,22)23)33(30,31)26-10-8-25(9-11-26)17(28)32-18(2,3)4/h6-7,12,29H,8-11H2,1-5H3,(H,24,27)/t19-/m1/s1. The first-order valence-corrected chi connectivity index (χ1v) is 11.5. The van der Waals surface area contributed by atoms with Crippen LogP contribution in [0.5, 0.6) is 0 Å². The molecule has 0 unspecified atom stereocenters. The number of piperazine rings is 1. The Hall–Kier alpha value is -2.38. The predicted octanol–water partition coefficient (Wildman–Crippen LogP) is 2.49. The van der Waals surface area contributed by atoms with E-state index in [0.29, 0.717) is 6.92 Å². The van der Waals surface area contributed by atoms with Gasteiger partial charge in [-0.2, -0.15) is 17.5 Å². The van der Waals surface area contributed by atoms with Gasteiger partial charge in [0.05, 0.1) is 4.90 Å². The zero-order valence-corrected chi connectivity index (χ0v) is 19.8. The zero-order chi connectivity index (χ0) is 25.4. The fraction of sp³-hybridized carbons (Fsp3) is 0.600. The molecule has 1 heterocycles. The maximum Gasteiger partial charge on any atom is 0.426 e. The molecule has 1 aliphatic heterocycles. The first kappa shape index (κ1) is 26.9. The smallest absolute Gasteiger partial charge is 0.426 e. The quantitative estimate of drug-likeness (QED) is 0.663. The molecule has 2 rings (SSSR count). The summed E-state index contributed by atoms with van der Waals surface area (Å²) < 4.78 is 71.0. The molecule has 2 N–H and O–H groups in total. The van der Waals surface area contributed by atoms with Crippen LogP contribution in [0.3, 0.4) is 0 Å². The fourth-order valence-corrected chi connectivity index (χ4v) is 4.40. The average molecular weight is 496 g/mol. The molecule has 1 fully saturated rings. The Morgan fingerprint density at radius 1 is 1.06 bits per heavy atom. The lowest BCUT2D eigenvalue weighted by atomic mass is 10.1. The molecule has 0 aromatic heterocycles. The van der Waals surface area contributed by atoms with Crippen LogP contribution < -0.4 is 5.32 Å². The van der Waals surface area contributed by atoms with Gasteiger partial charge >= 0.3 is 12.3 Å². The first-order valence-electron chi connectivity index (χ1n) is 10.1. The number of hydrogen-bond acceptors (Lipinski definition) is 6. The second-order valence-corrected chi connectivity index (χ2v) is 10.8. The van der Waals surface area contributed by atoms with Gasteiger partial charge in [0.1, 0.15) is 5.60 Å². The van der Waals surface area contributed by atoms with Gasteiger partial charge in [0, 0.05) is 31.9 Å². The highest BCUT2D eigenvalue weighted by molar-refractivity contribution is 7.89. The Balaban J connectivity index is 2.11. The average Bonchev–Trinajstić information content (AvgIpc) is 2.67. The minimum atomic E-state index is -5.18. The SMILES string of the molecule is Cc1cc(S(=O)(=O)N2CCN(C(=O)OC(C)(C)C)CC2)ccc1NC(=O)[C@@](C)(O)C(F)(F)F. The molecule has 0 spiro atoms. The van der Waals surface area contributed by atoms with E-state index in [2.05, 4.69) is 0 Å². The molecule has 0 bridgehead atoms. The van der Waals surface area contributed by atoms with Crippen LogP contribution in [-0.2, 0) is 19.6 Å². The van der Waals surface area contributed by atoms with Crippen LogP contribution in [0, 0.1) is 6.92 Å². The van der Waals surface area contributed by atoms with Crippen molar-refractivity contribution in [3.63, 3.8) is 0 Å². The summed E-state index contributed by atoms with van der Waals surface area (Å²) in [7, 11) is -3.95. The summed E-state index contributed by atoms with van der Waals surface area (Å²) in [6.07, 6.45) is -5.72. The highest BCUT2D eigenvalue weighted by atomic mass is 32.2. The van der Waals surface area contributed by atoms with Gasteiger partial charge in [-0.1, -0.05) is 0 Å². The van der Waals surface area contributed by atoms with Crippen LogP contribution in [0.15, 0.2) is 23.1 Å². The molecule has 1 saturated heterocycles. The molecule has 0 aliphatic carbocycles. The molecule has 9 nitrogen and oxygen atoms in total. The fourth-order valence-electron chi connectivity index (χ4n) is 2.90. The molecule has 186 valence electrons. The lowest BCUT2D eigenvalue weighted by Crippen LogP contribution is -2.52. The van der Waals surface area contributed by atoms with E-state index in [4.69, 9.17) is 4.74 Å². The molecular weight excluding hydrogens is 467 g/mol. The maximum absolute atomic E-state index is 13.0. The summed E-state index contributed by atoms with van der Waals surface area (Å²) in [5.74, 6) is -1.69. The summed E-state index contributed by atoms with van der Waals surface area (Å²) in [5, 5.41) is 11.4. The van der Waals surface area contributed by atoms with Crippen molar-refractivity contribution in [2.24, 2.45) is 0 Å². The number of nitrogens with zero attached hydrogens (tertiary/aromatic N) is 2. The van der Waals surface area contributed by atoms with Crippen molar-refractivity contribution in [3.05, 3.63) is 23.8 Å². The number of ether oxygens (including phenoxy) is 1. The van der Waals surface area contributed by atoms with Crippen molar-refractivity contribution in [1.82, 2.24) is 9.21 Å². The van der Waals surface area contributed by atoms with Gasteiger partial charge in [-0.15, -0.1) is 0 Å². The Bertz CT molecular complexity index is 1010. The van der Waals surface area contributed by atoms with E-state index < -0.39 is 39.4 Å². The van der Waals surface area contributed by atoms with E-state index in [-0.39, 0.29) is 42.3 Å². The van der Waals surface area contributed by atoms with Crippen molar-refractivity contribution < 1.29 is 41.0 Å². The monoisotopic (exact) mass is 495 g/mol. The van der Waals surface area contributed by atoms with Crippen molar-refractivity contribution >= 4 is 27.7 Å². The third-order valence-corrected chi connectivity index (χ3v) is 6.86. The van der Waals surface area contributed by atoms with Gasteiger partial charge in [0.2, 0.25) is 15.6 Å². The van der Waals surface area contributed by atoms with Crippen LogP contribution in [0.25, 0.3) is 0 Å². The summed E-state index contributed by atoms with van der Waals surface area (Å²) >= 11 is 0. The van der Waals surface area contributed by atoms with Gasteiger partial charge in [0.25, 0.3) is 5.91 Å². The van der Waals surface area contributed by atoms with Gasteiger partial charge in [-0.05, 0) is 58.4 Å². The molecule has 1 aromatic rings. The number of aryl methyl sites for hydroxylation is 1. The minimum absolute atomic E-state index is 0.0353. The molecule has 1 aromatic carbocycles. The van der Waals surface area contributed by atoms with Crippen LogP contribution in [0.4, 0.5) is 23.7 Å². The molecule has 1 aliphatic rings. The molecular formula is C20H28F3N3O6S. The number of nitrogens with one attached hydrogen (secondary N) is 1. The largest absolute Gasteiger partial charge is 0.444 e. The normalized spacial score (nSPS) is 17.9. The molecule has 0 radical (unpaired) electrons. The van der Waals surface area contributed by atoms with E-state index >= 15 is 0 Å². The summed E-state index contributed by atoms with van der Waals surface area (Å²) in [6, 6.07) is 3.53. The summed E-state index contributed by atoms with van der Waals surface area (Å²) in [4.78, 5) is 25.3. The van der Waals surface area contributed by atoms with Crippen molar-refractivity contribution in [3.8, 4) is 0 Å². The Morgan fingerprint density at radius 3 is 2.06 bits per heavy atom. The second kappa shape index (κ2) is 9.11. The topological polar surface area (TPSA) is 116 Å². The van der Waals surface area contributed by atoms with Crippen molar-refractivity contribution in [2.45, 2.75) is 56.9 Å². The number of carbonyl (C=O) groups is 2. The number of amides is 2. The Labute approximate surface area is 190 Å². The highest BCUT2D eigenvalue weighted by Gasteiger charge is 2.55. The molecule has 1 atom stereocenters. The number of carbonyl (C=O) groups excluding carboxylic acids is 2. The second-order valence-electron chi connectivity index (χ2n) is 8.87. The number of benzene rings is 1. The molecule has 13 heteroatoms. The van der Waals surface area contributed by atoms with E-state index in [0.717, 1.165) is 12.1 Å². The lowest BCUT2D eigenvalue weighted by Gasteiger charge is -2.35. The van der Waals surface area contributed by atoms with E-state index in [9.17, 15) is 36.3 Å². The van der Waals surface area contributed by atoms with Crippen molar-refractivity contribution in [2.75, 3.05) is 31.5 Å². The zero-order valence-electron chi connectivity index (χ0n) is 19.0. The van der Waals surface area contributed by atoms with E-state index in [1.165, 1.54) is 22.2 Å². The Kier molecular flexibility index (Phi) is 7.41. The lowest BCUT2D eigenvalue weighted by molar-refractivity contribution is -0.242. The number of rotatable bonds is 4. The van der Waals surface area contributed by atoms with Crippen LogP contribution in [0.1, 0.15) is 33.3 Å². The van der Waals surface area contributed by atoms with Crippen LogP contribution in [0.2, 0.25) is 0 Å². The third kappa shape index (κ3) is 6.15. The number of alkyl halides is 3. The number of aliphatic hydroxyl groups is 1. The number of halogens is 3. The predicted molar refractivity (Wildman–Crippen MR) is 113 cm³/mol. The summed E-state index contributed by atoms with van der Waals surface area (Å²) in [5.41, 5.74) is -4.17. The van der Waals surface area contributed by atoms with E-state index in [1.54, 1.807) is 20.8 Å². The maximum atomic E-state index is 13.0. The Morgan fingerprint density at radius 2 is 1.61 bits per heavy atom. The van der Waals surface area contributed by atoms with Crippen molar-refractivity contribution in [1.29, 1.82) is 0 Å². The molecule has 2 amide bonds. The van der Waals surface area contributed by atoms with Gasteiger partial charge in [-0.3, -0.25) is 4.79 Å². The van der Waals surface area contributed by atoms with Gasteiger partial charge in [-0.25, -0.2) is 13.2 Å². The number of sulfonamides is 1. The third-order valence-electron chi connectivity index (χ3n) is 4.97. The number of hydrogen-bond donors (Lipinski definition) is 2. The molecule has 0 saturated carbocycles. The molecule has 33 heavy (non-hydrogen) atoms. The summed E-state index contributed by atoms with van der Waals surface area (Å²) in [6.45, 7) is 7.26. The minimum Gasteiger partial charge on any atom is -0.444 e. The van der Waals surface area contributed by atoms with Crippen LogP contribution in [-0.4, -0.2) is 78.3 Å². The van der Waals surface area contributed by atoms with E-state index in [1.807, 2.05) is 5.32 Å². The van der Waals surface area contributed by atoms with Gasteiger partial charge < -0.3 is 20.1 Å². The first-order chi connectivity index (χ1) is 14.9.